The quantitative estimate of drug-likeness (QED) is 0.168. The van der Waals surface area contributed by atoms with Crippen LogP contribution >= 0.6 is 0 Å². The highest BCUT2D eigenvalue weighted by molar-refractivity contribution is 6.24. The first kappa shape index (κ1) is 30.5. The van der Waals surface area contributed by atoms with Crippen LogP contribution in [0.1, 0.15) is 0 Å². The monoisotopic (exact) mass is 687 g/mol. The Bertz CT molecular complexity index is 3200. The van der Waals surface area contributed by atoms with Gasteiger partial charge < -0.3 is 9.32 Å². The molecule has 0 saturated heterocycles. The van der Waals surface area contributed by atoms with Crippen LogP contribution in [0.25, 0.3) is 87.3 Å². The maximum absolute atomic E-state index is 6.70. The van der Waals surface area contributed by atoms with Crippen molar-refractivity contribution in [3.05, 3.63) is 200 Å². The van der Waals surface area contributed by atoms with Gasteiger partial charge >= 0.3 is 0 Å². The third kappa shape index (κ3) is 4.74. The van der Waals surface area contributed by atoms with Crippen LogP contribution in [-0.2, 0) is 0 Å². The number of furan rings is 1. The van der Waals surface area contributed by atoms with E-state index in [1.54, 1.807) is 0 Å². The molecule has 0 aliphatic heterocycles. The van der Waals surface area contributed by atoms with Gasteiger partial charge in [-0.2, -0.15) is 0 Å². The summed E-state index contributed by atoms with van der Waals surface area (Å²) in [6.45, 7) is 0. The standard InChI is InChI=1S/C52H33NO/c1-2-13-34(14-3-1)40-18-8-10-22-47(40)53(48-23-12-17-37-28-32-45-43-21-9-11-24-49(43)54-52(45)50(37)48)39-29-25-36(26-30-39)46-33-38-16-5-7-20-42(38)51-41-19-6-4-15-35(41)27-31-44(46)51/h1-33H. The maximum Gasteiger partial charge on any atom is 0.145 e. The molecule has 54 heavy (non-hydrogen) atoms. The van der Waals surface area contributed by atoms with E-state index in [0.717, 1.165) is 55.3 Å². The first-order valence-corrected chi connectivity index (χ1v) is 18.5. The zero-order chi connectivity index (χ0) is 35.6. The fourth-order valence-corrected chi connectivity index (χ4v) is 8.56. The summed E-state index contributed by atoms with van der Waals surface area (Å²) in [5.74, 6) is 0. The molecule has 11 rings (SSSR count). The molecule has 0 fully saturated rings. The zero-order valence-electron chi connectivity index (χ0n) is 29.4. The molecule has 0 radical (unpaired) electrons. The molecule has 252 valence electrons. The van der Waals surface area contributed by atoms with Gasteiger partial charge in [-0.25, -0.2) is 0 Å². The molecule has 1 heterocycles. The lowest BCUT2D eigenvalue weighted by Gasteiger charge is -2.29. The Balaban J connectivity index is 1.16. The summed E-state index contributed by atoms with van der Waals surface area (Å²) < 4.78 is 6.70. The van der Waals surface area contributed by atoms with Crippen LogP contribution in [-0.4, -0.2) is 0 Å². The van der Waals surface area contributed by atoms with Crippen LogP contribution in [0.5, 0.6) is 0 Å². The van der Waals surface area contributed by atoms with Crippen molar-refractivity contribution in [2.45, 2.75) is 0 Å². The molecule has 0 unspecified atom stereocenters. The van der Waals surface area contributed by atoms with Crippen molar-refractivity contribution in [2.24, 2.45) is 0 Å². The van der Waals surface area contributed by atoms with Crippen LogP contribution in [0.15, 0.2) is 205 Å². The largest absolute Gasteiger partial charge is 0.455 e. The average molecular weight is 688 g/mol. The molecule has 0 spiro atoms. The van der Waals surface area contributed by atoms with Gasteiger partial charge in [0.05, 0.1) is 11.4 Å². The van der Waals surface area contributed by atoms with E-state index in [1.165, 1.54) is 49.0 Å². The Morgan fingerprint density at radius 3 is 1.80 bits per heavy atom. The Labute approximate surface area is 312 Å². The number of para-hydroxylation sites is 2. The number of nitrogens with zero attached hydrogens (tertiary/aromatic N) is 1. The van der Waals surface area contributed by atoms with E-state index in [4.69, 9.17) is 4.42 Å². The Hall–Kier alpha value is -7.16. The first-order chi connectivity index (χ1) is 26.8. The lowest BCUT2D eigenvalue weighted by molar-refractivity contribution is 0.672. The first-order valence-electron chi connectivity index (χ1n) is 18.5. The van der Waals surface area contributed by atoms with Crippen LogP contribution in [0.2, 0.25) is 0 Å². The highest BCUT2D eigenvalue weighted by Gasteiger charge is 2.22. The van der Waals surface area contributed by atoms with Gasteiger partial charge in [-0.15, -0.1) is 0 Å². The second-order valence-electron chi connectivity index (χ2n) is 14.0. The van der Waals surface area contributed by atoms with E-state index in [9.17, 15) is 0 Å². The molecule has 0 saturated carbocycles. The molecule has 0 aliphatic carbocycles. The molecule has 0 N–H and O–H groups in total. The minimum absolute atomic E-state index is 0.894. The smallest absolute Gasteiger partial charge is 0.145 e. The lowest BCUT2D eigenvalue weighted by atomic mass is 9.90. The van der Waals surface area contributed by atoms with Gasteiger partial charge in [0.2, 0.25) is 0 Å². The third-order valence-electron chi connectivity index (χ3n) is 11.0. The molecule has 10 aromatic carbocycles. The molecule has 1 aromatic heterocycles. The van der Waals surface area contributed by atoms with Crippen LogP contribution in [0, 0.1) is 0 Å². The van der Waals surface area contributed by atoms with E-state index < -0.39 is 0 Å². The molecule has 0 atom stereocenters. The van der Waals surface area contributed by atoms with Gasteiger partial charge in [0.1, 0.15) is 11.2 Å². The summed E-state index contributed by atoms with van der Waals surface area (Å²) in [6.07, 6.45) is 0. The summed E-state index contributed by atoms with van der Waals surface area (Å²) in [6, 6.07) is 72.2. The molecule has 2 nitrogen and oxygen atoms in total. The van der Waals surface area contributed by atoms with Gasteiger partial charge in [0, 0.05) is 27.4 Å². The Morgan fingerprint density at radius 1 is 0.333 bits per heavy atom. The molecule has 0 amide bonds. The van der Waals surface area contributed by atoms with Gasteiger partial charge in [0.25, 0.3) is 0 Å². The van der Waals surface area contributed by atoms with E-state index in [-0.39, 0.29) is 0 Å². The second kappa shape index (κ2) is 12.2. The van der Waals surface area contributed by atoms with E-state index >= 15 is 0 Å². The highest BCUT2D eigenvalue weighted by Crippen LogP contribution is 2.47. The molecule has 11 aromatic rings. The molecule has 2 heteroatoms. The van der Waals surface area contributed by atoms with E-state index in [1.807, 2.05) is 6.07 Å². The minimum Gasteiger partial charge on any atom is -0.455 e. The van der Waals surface area contributed by atoms with Crippen molar-refractivity contribution in [1.82, 2.24) is 0 Å². The van der Waals surface area contributed by atoms with Crippen molar-refractivity contribution >= 4 is 82.1 Å². The topological polar surface area (TPSA) is 16.4 Å². The number of rotatable bonds is 5. The molecular weight excluding hydrogens is 655 g/mol. The third-order valence-corrected chi connectivity index (χ3v) is 11.0. The lowest BCUT2D eigenvalue weighted by Crippen LogP contribution is -2.11. The Kier molecular flexibility index (Phi) is 6.90. The number of fused-ring (bicyclic) bond motifs is 10. The van der Waals surface area contributed by atoms with Crippen LogP contribution < -0.4 is 4.90 Å². The predicted octanol–water partition coefficient (Wildman–Crippen LogP) is 15.0. The molecule has 0 bridgehead atoms. The maximum atomic E-state index is 6.70. The van der Waals surface area contributed by atoms with Crippen LogP contribution in [0.3, 0.4) is 0 Å². The van der Waals surface area contributed by atoms with Gasteiger partial charge in [-0.1, -0.05) is 158 Å². The summed E-state index contributed by atoms with van der Waals surface area (Å²) >= 11 is 0. The van der Waals surface area contributed by atoms with Crippen molar-refractivity contribution in [3.8, 4) is 22.3 Å². The van der Waals surface area contributed by atoms with Gasteiger partial charge in [0.15, 0.2) is 0 Å². The van der Waals surface area contributed by atoms with Gasteiger partial charge in [-0.05, 0) is 96.9 Å². The van der Waals surface area contributed by atoms with Gasteiger partial charge in [-0.3, -0.25) is 0 Å². The van der Waals surface area contributed by atoms with Crippen molar-refractivity contribution in [2.75, 3.05) is 4.90 Å². The van der Waals surface area contributed by atoms with Crippen molar-refractivity contribution in [3.63, 3.8) is 0 Å². The second-order valence-corrected chi connectivity index (χ2v) is 14.0. The summed E-state index contributed by atoms with van der Waals surface area (Å²) in [5.41, 5.74) is 9.75. The number of benzene rings is 10. The average Bonchev–Trinajstić information content (AvgIpc) is 3.63. The van der Waals surface area contributed by atoms with E-state index in [0.29, 0.717) is 0 Å². The predicted molar refractivity (Wildman–Crippen MR) is 229 cm³/mol. The van der Waals surface area contributed by atoms with Crippen molar-refractivity contribution < 1.29 is 4.42 Å². The SMILES string of the molecule is c1ccc(-c2ccccc2N(c2ccc(-c3cc4ccccc4c4c3ccc3ccccc34)cc2)c2cccc3ccc4c5ccccc5oc4c23)cc1. The fourth-order valence-electron chi connectivity index (χ4n) is 8.56. The van der Waals surface area contributed by atoms with Crippen molar-refractivity contribution in [1.29, 1.82) is 0 Å². The van der Waals surface area contributed by atoms with E-state index in [2.05, 4.69) is 199 Å². The number of hydrogen-bond donors (Lipinski definition) is 0. The highest BCUT2D eigenvalue weighted by atomic mass is 16.3. The molecular formula is C52H33NO. The number of hydrogen-bond acceptors (Lipinski definition) is 2. The fraction of sp³-hybridized carbons (Fsp3) is 0. The van der Waals surface area contributed by atoms with Crippen LogP contribution in [0.4, 0.5) is 17.1 Å². The number of anilines is 3. The zero-order valence-corrected chi connectivity index (χ0v) is 29.4. The summed E-state index contributed by atoms with van der Waals surface area (Å²) in [4.78, 5) is 2.41. The minimum atomic E-state index is 0.894. The normalized spacial score (nSPS) is 11.7. The summed E-state index contributed by atoms with van der Waals surface area (Å²) in [7, 11) is 0. The Morgan fingerprint density at radius 2 is 0.944 bits per heavy atom. The summed E-state index contributed by atoms with van der Waals surface area (Å²) in [5, 5.41) is 12.1. The molecule has 0 aliphatic rings.